The second-order valence-electron chi connectivity index (χ2n) is 5.99. The Labute approximate surface area is 144 Å². The first-order valence-electron chi connectivity index (χ1n) is 7.72. The summed E-state index contributed by atoms with van der Waals surface area (Å²) >= 11 is 3.42. The third-order valence-electron chi connectivity index (χ3n) is 4.64. The molecule has 0 radical (unpaired) electrons. The Morgan fingerprint density at radius 1 is 1.17 bits per heavy atom. The lowest BCUT2D eigenvalue weighted by Crippen LogP contribution is -2.47. The molecule has 0 aliphatic carbocycles. The van der Waals surface area contributed by atoms with Crippen molar-refractivity contribution in [3.8, 4) is 0 Å². The standard InChI is InChI=1S/C18H19BrN2O2/c19-16-15(7-4-10-20-16)18(17(22)23)8-11-21(12-9-18)13-14-5-2-1-3-6-14/h1-7,10H,8-9,11-13H2,(H,22,23). The van der Waals surface area contributed by atoms with Crippen LogP contribution in [0, 0.1) is 0 Å². The number of hydrogen-bond acceptors (Lipinski definition) is 3. The molecule has 0 amide bonds. The topological polar surface area (TPSA) is 53.4 Å². The van der Waals surface area contributed by atoms with Gasteiger partial charge in [0, 0.05) is 18.3 Å². The van der Waals surface area contributed by atoms with Crippen LogP contribution in [-0.4, -0.2) is 34.0 Å². The lowest BCUT2D eigenvalue weighted by molar-refractivity contribution is -0.146. The van der Waals surface area contributed by atoms with Crippen LogP contribution in [0.3, 0.4) is 0 Å². The van der Waals surface area contributed by atoms with Crippen LogP contribution >= 0.6 is 15.9 Å². The number of piperidine rings is 1. The summed E-state index contributed by atoms with van der Waals surface area (Å²) in [6.07, 6.45) is 2.87. The quantitative estimate of drug-likeness (QED) is 0.832. The molecule has 1 aliphatic heterocycles. The molecule has 1 aromatic heterocycles. The Bertz CT molecular complexity index is 682. The number of likely N-dealkylation sites (tertiary alicyclic amines) is 1. The van der Waals surface area contributed by atoms with Crippen molar-refractivity contribution >= 4 is 21.9 Å². The number of aliphatic carboxylic acids is 1. The van der Waals surface area contributed by atoms with Crippen LogP contribution in [0.4, 0.5) is 0 Å². The molecule has 1 aromatic carbocycles. The molecule has 23 heavy (non-hydrogen) atoms. The van der Waals surface area contributed by atoms with Crippen LogP contribution < -0.4 is 0 Å². The van der Waals surface area contributed by atoms with E-state index in [0.29, 0.717) is 17.4 Å². The summed E-state index contributed by atoms with van der Waals surface area (Å²) in [5.41, 5.74) is 1.20. The zero-order valence-corrected chi connectivity index (χ0v) is 14.4. The van der Waals surface area contributed by atoms with E-state index < -0.39 is 11.4 Å². The van der Waals surface area contributed by atoms with Crippen molar-refractivity contribution in [3.63, 3.8) is 0 Å². The zero-order chi connectivity index (χ0) is 16.3. The second kappa shape index (κ2) is 6.81. The number of hydrogen-bond donors (Lipinski definition) is 1. The first-order valence-corrected chi connectivity index (χ1v) is 8.52. The molecular formula is C18H19BrN2O2. The van der Waals surface area contributed by atoms with Gasteiger partial charge in [-0.25, -0.2) is 4.98 Å². The minimum atomic E-state index is -0.847. The molecule has 5 heteroatoms. The van der Waals surface area contributed by atoms with E-state index in [2.05, 4.69) is 37.9 Å². The Hall–Kier alpha value is -1.72. The highest BCUT2D eigenvalue weighted by Gasteiger charge is 2.44. The summed E-state index contributed by atoms with van der Waals surface area (Å²) in [6, 6.07) is 14.0. The monoisotopic (exact) mass is 374 g/mol. The van der Waals surface area contributed by atoms with Crippen molar-refractivity contribution in [1.29, 1.82) is 0 Å². The lowest BCUT2D eigenvalue weighted by Gasteiger charge is -2.39. The Kier molecular flexibility index (Phi) is 4.78. The van der Waals surface area contributed by atoms with Gasteiger partial charge in [-0.15, -0.1) is 0 Å². The fraction of sp³-hybridized carbons (Fsp3) is 0.333. The molecule has 0 bridgehead atoms. The van der Waals surface area contributed by atoms with Gasteiger partial charge < -0.3 is 5.11 Å². The van der Waals surface area contributed by atoms with Crippen LogP contribution in [0.15, 0.2) is 53.3 Å². The Balaban J connectivity index is 1.77. The number of rotatable bonds is 4. The van der Waals surface area contributed by atoms with Gasteiger partial charge in [0.05, 0.1) is 5.41 Å². The lowest BCUT2D eigenvalue weighted by atomic mass is 9.73. The predicted molar refractivity (Wildman–Crippen MR) is 92.2 cm³/mol. The van der Waals surface area contributed by atoms with Crippen molar-refractivity contribution in [2.24, 2.45) is 0 Å². The summed E-state index contributed by atoms with van der Waals surface area (Å²) in [5.74, 6) is -0.759. The molecule has 2 heterocycles. The van der Waals surface area contributed by atoms with Crippen LogP contribution in [0.1, 0.15) is 24.0 Å². The maximum Gasteiger partial charge on any atom is 0.314 e. The Morgan fingerprint density at radius 2 is 1.87 bits per heavy atom. The molecule has 1 N–H and O–H groups in total. The highest BCUT2D eigenvalue weighted by atomic mass is 79.9. The van der Waals surface area contributed by atoms with E-state index in [1.54, 1.807) is 12.3 Å². The van der Waals surface area contributed by atoms with Gasteiger partial charge in [-0.2, -0.15) is 0 Å². The van der Waals surface area contributed by atoms with Crippen LogP contribution in [0.25, 0.3) is 0 Å². The number of pyridine rings is 1. The number of halogens is 1. The fourth-order valence-electron chi connectivity index (χ4n) is 3.28. The number of carbonyl (C=O) groups is 1. The highest BCUT2D eigenvalue weighted by molar-refractivity contribution is 9.10. The first-order chi connectivity index (χ1) is 11.1. The van der Waals surface area contributed by atoms with Crippen molar-refractivity contribution < 1.29 is 9.90 Å². The predicted octanol–water partition coefficient (Wildman–Crippen LogP) is 3.46. The summed E-state index contributed by atoms with van der Waals surface area (Å²) in [4.78, 5) is 18.6. The largest absolute Gasteiger partial charge is 0.481 e. The van der Waals surface area contributed by atoms with Gasteiger partial charge >= 0.3 is 5.97 Å². The van der Waals surface area contributed by atoms with Gasteiger partial charge in [0.1, 0.15) is 4.60 Å². The Morgan fingerprint density at radius 3 is 2.48 bits per heavy atom. The molecule has 3 rings (SSSR count). The summed E-state index contributed by atoms with van der Waals surface area (Å²) in [6.45, 7) is 2.40. The summed E-state index contributed by atoms with van der Waals surface area (Å²) in [7, 11) is 0. The maximum atomic E-state index is 12.0. The molecule has 1 saturated heterocycles. The van der Waals surface area contributed by atoms with Gasteiger partial charge in [-0.05, 0) is 53.5 Å². The van der Waals surface area contributed by atoms with Crippen LogP contribution in [0.2, 0.25) is 0 Å². The van der Waals surface area contributed by atoms with Gasteiger partial charge in [-0.1, -0.05) is 36.4 Å². The molecule has 0 saturated carbocycles. The molecule has 2 aromatic rings. The molecule has 0 atom stereocenters. The van der Waals surface area contributed by atoms with Crippen molar-refractivity contribution in [2.45, 2.75) is 24.8 Å². The van der Waals surface area contributed by atoms with E-state index >= 15 is 0 Å². The van der Waals surface area contributed by atoms with E-state index in [1.165, 1.54) is 5.56 Å². The average Bonchev–Trinajstić information content (AvgIpc) is 2.57. The number of benzene rings is 1. The molecule has 1 fully saturated rings. The zero-order valence-electron chi connectivity index (χ0n) is 12.8. The van der Waals surface area contributed by atoms with Crippen LogP contribution in [-0.2, 0) is 16.8 Å². The SMILES string of the molecule is O=C(O)C1(c2cccnc2Br)CCN(Cc2ccccc2)CC1. The molecule has 0 spiro atoms. The van der Waals surface area contributed by atoms with Gasteiger partial charge in [0.2, 0.25) is 0 Å². The number of carboxylic acids is 1. The van der Waals surface area contributed by atoms with Crippen molar-refractivity contribution in [1.82, 2.24) is 9.88 Å². The van der Waals surface area contributed by atoms with Crippen molar-refractivity contribution in [2.75, 3.05) is 13.1 Å². The third kappa shape index (κ3) is 3.31. The average molecular weight is 375 g/mol. The molecular weight excluding hydrogens is 356 g/mol. The van der Waals surface area contributed by atoms with Gasteiger partial charge in [0.25, 0.3) is 0 Å². The number of nitrogens with zero attached hydrogens (tertiary/aromatic N) is 2. The molecule has 0 unspecified atom stereocenters. The molecule has 1 aliphatic rings. The number of carboxylic acid groups (broad SMARTS) is 1. The van der Waals surface area contributed by atoms with E-state index in [1.807, 2.05) is 24.3 Å². The van der Waals surface area contributed by atoms with E-state index in [4.69, 9.17) is 0 Å². The fourth-order valence-corrected chi connectivity index (χ4v) is 3.91. The minimum absolute atomic E-state index is 0.597. The highest BCUT2D eigenvalue weighted by Crippen LogP contribution is 2.39. The smallest absolute Gasteiger partial charge is 0.314 e. The van der Waals surface area contributed by atoms with Crippen molar-refractivity contribution in [3.05, 3.63) is 64.4 Å². The van der Waals surface area contributed by atoms with Crippen LogP contribution in [0.5, 0.6) is 0 Å². The second-order valence-corrected chi connectivity index (χ2v) is 6.74. The van der Waals surface area contributed by atoms with E-state index in [-0.39, 0.29) is 0 Å². The first kappa shape index (κ1) is 16.1. The normalized spacial score (nSPS) is 17.8. The summed E-state index contributed by atoms with van der Waals surface area (Å²) in [5, 5.41) is 9.88. The molecule has 4 nitrogen and oxygen atoms in total. The number of aromatic nitrogens is 1. The summed E-state index contributed by atoms with van der Waals surface area (Å²) < 4.78 is 0.638. The minimum Gasteiger partial charge on any atom is -0.481 e. The molecule has 120 valence electrons. The van der Waals surface area contributed by atoms with Gasteiger partial charge in [0.15, 0.2) is 0 Å². The van der Waals surface area contributed by atoms with E-state index in [0.717, 1.165) is 25.2 Å². The van der Waals surface area contributed by atoms with E-state index in [9.17, 15) is 9.90 Å². The maximum absolute atomic E-state index is 12.0. The third-order valence-corrected chi connectivity index (χ3v) is 5.27. The van der Waals surface area contributed by atoms with Gasteiger partial charge in [-0.3, -0.25) is 9.69 Å².